The molecule has 0 radical (unpaired) electrons. The van der Waals surface area contributed by atoms with Gasteiger partial charge in [0.2, 0.25) is 0 Å². The van der Waals surface area contributed by atoms with E-state index in [1.807, 2.05) is 30.3 Å². The van der Waals surface area contributed by atoms with Crippen LogP contribution in [0.1, 0.15) is 63.9 Å². The Balaban J connectivity index is 1.64. The van der Waals surface area contributed by atoms with Crippen molar-refractivity contribution in [1.29, 1.82) is 0 Å². The minimum Gasteiger partial charge on any atom is -0.445 e. The molecule has 0 aliphatic rings. The van der Waals surface area contributed by atoms with Crippen molar-refractivity contribution in [3.05, 3.63) is 35.9 Å². The Kier molecular flexibility index (Phi) is 32.1. The zero-order chi connectivity index (χ0) is 32.1. The Bertz CT molecular complexity index is 728. The van der Waals surface area contributed by atoms with Crippen molar-refractivity contribution < 1.29 is 47.4 Å². The maximum absolute atomic E-state index is 11.6. The number of nitrogens with one attached hydrogen (secondary N) is 1. The number of alkyl carbamates (subject to hydrolysis) is 1. The SMILES string of the molecule is CCCCCCCCCCOCCOCCOCCOCCOCCOCCOCCOCCNC(=O)OCc1ccccc1. The Morgan fingerprint density at radius 1 is 0.489 bits per heavy atom. The quantitative estimate of drug-likeness (QED) is 0.0993. The van der Waals surface area contributed by atoms with Crippen molar-refractivity contribution in [3.63, 3.8) is 0 Å². The van der Waals surface area contributed by atoms with Gasteiger partial charge in [-0.15, -0.1) is 0 Å². The lowest BCUT2D eigenvalue weighted by Crippen LogP contribution is -2.28. The number of amides is 1. The predicted octanol–water partition coefficient (Wildman–Crippen LogP) is 5.19. The molecule has 0 saturated heterocycles. The van der Waals surface area contributed by atoms with Gasteiger partial charge in [0.05, 0.1) is 99.1 Å². The topological polar surface area (TPSA) is 112 Å². The van der Waals surface area contributed by atoms with Gasteiger partial charge in [0.25, 0.3) is 0 Å². The van der Waals surface area contributed by atoms with E-state index in [1.54, 1.807) is 0 Å². The summed E-state index contributed by atoms with van der Waals surface area (Å²) >= 11 is 0. The van der Waals surface area contributed by atoms with Crippen LogP contribution >= 0.6 is 0 Å². The number of hydrogen-bond acceptors (Lipinski definition) is 10. The zero-order valence-corrected chi connectivity index (χ0v) is 27.9. The zero-order valence-electron chi connectivity index (χ0n) is 27.9. The molecule has 1 aromatic rings. The van der Waals surface area contributed by atoms with Gasteiger partial charge in [-0.25, -0.2) is 4.79 Å². The fraction of sp³-hybridized carbons (Fsp3) is 0.794. The Hall–Kier alpha value is -1.83. The molecule has 1 amide bonds. The molecule has 1 N–H and O–H groups in total. The molecule has 11 heteroatoms. The van der Waals surface area contributed by atoms with Crippen LogP contribution in [0.5, 0.6) is 0 Å². The van der Waals surface area contributed by atoms with Crippen LogP contribution in [0.4, 0.5) is 4.79 Å². The molecule has 45 heavy (non-hydrogen) atoms. The first-order chi connectivity index (χ1) is 22.3. The van der Waals surface area contributed by atoms with Crippen LogP contribution < -0.4 is 5.32 Å². The van der Waals surface area contributed by atoms with E-state index < -0.39 is 6.09 Å². The van der Waals surface area contributed by atoms with Crippen molar-refractivity contribution in [2.24, 2.45) is 0 Å². The number of unbranched alkanes of at least 4 members (excludes halogenated alkanes) is 7. The van der Waals surface area contributed by atoms with Crippen molar-refractivity contribution in [1.82, 2.24) is 5.32 Å². The second-order valence-electron chi connectivity index (χ2n) is 10.4. The van der Waals surface area contributed by atoms with Gasteiger partial charge in [0.15, 0.2) is 0 Å². The van der Waals surface area contributed by atoms with Gasteiger partial charge >= 0.3 is 6.09 Å². The Morgan fingerprint density at radius 3 is 1.31 bits per heavy atom. The first-order valence-corrected chi connectivity index (χ1v) is 16.9. The lowest BCUT2D eigenvalue weighted by molar-refractivity contribution is -0.0230. The predicted molar refractivity (Wildman–Crippen MR) is 174 cm³/mol. The molecule has 0 aliphatic heterocycles. The Labute approximate surface area is 271 Å². The van der Waals surface area contributed by atoms with Crippen LogP contribution in [0, 0.1) is 0 Å². The fourth-order valence-corrected chi connectivity index (χ4v) is 3.98. The number of ether oxygens (including phenoxy) is 9. The molecule has 0 fully saturated rings. The minimum atomic E-state index is -0.463. The molecule has 11 nitrogen and oxygen atoms in total. The molecule has 0 bridgehead atoms. The number of benzene rings is 1. The van der Waals surface area contributed by atoms with E-state index in [0.717, 1.165) is 18.6 Å². The van der Waals surface area contributed by atoms with E-state index in [4.69, 9.17) is 42.6 Å². The molecule has 0 unspecified atom stereocenters. The van der Waals surface area contributed by atoms with E-state index in [-0.39, 0.29) is 6.61 Å². The van der Waals surface area contributed by atoms with Crippen LogP contribution in [0.3, 0.4) is 0 Å². The molecule has 0 aromatic heterocycles. The molecular formula is C34H61NO10. The average molecular weight is 644 g/mol. The van der Waals surface area contributed by atoms with E-state index in [0.29, 0.717) is 106 Å². The summed E-state index contributed by atoms with van der Waals surface area (Å²) in [4.78, 5) is 11.6. The summed E-state index contributed by atoms with van der Waals surface area (Å²) in [5, 5.41) is 2.65. The fourth-order valence-electron chi connectivity index (χ4n) is 3.98. The van der Waals surface area contributed by atoms with E-state index in [9.17, 15) is 4.79 Å². The monoisotopic (exact) mass is 643 g/mol. The third-order valence-corrected chi connectivity index (χ3v) is 6.47. The molecule has 0 saturated carbocycles. The molecule has 0 spiro atoms. The maximum Gasteiger partial charge on any atom is 0.407 e. The highest BCUT2D eigenvalue weighted by Crippen LogP contribution is 2.08. The van der Waals surface area contributed by atoms with Crippen LogP contribution in [0.2, 0.25) is 0 Å². The molecule has 1 rings (SSSR count). The van der Waals surface area contributed by atoms with E-state index >= 15 is 0 Å². The van der Waals surface area contributed by atoms with Crippen molar-refractivity contribution in [2.45, 2.75) is 64.9 Å². The third-order valence-electron chi connectivity index (χ3n) is 6.47. The minimum absolute atomic E-state index is 0.244. The summed E-state index contributed by atoms with van der Waals surface area (Å²) in [5.74, 6) is 0. The van der Waals surface area contributed by atoms with Gasteiger partial charge in [-0.1, -0.05) is 82.2 Å². The summed E-state index contributed by atoms with van der Waals surface area (Å²) in [5.41, 5.74) is 0.943. The molecule has 262 valence electrons. The van der Waals surface area contributed by atoms with Crippen molar-refractivity contribution in [3.8, 4) is 0 Å². The number of carbonyl (C=O) groups is 1. The highest BCUT2D eigenvalue weighted by molar-refractivity contribution is 5.67. The van der Waals surface area contributed by atoms with Crippen molar-refractivity contribution >= 4 is 6.09 Å². The van der Waals surface area contributed by atoms with E-state index in [1.165, 1.54) is 44.9 Å². The molecule has 0 aliphatic carbocycles. The summed E-state index contributed by atoms with van der Waals surface area (Å²) in [6.45, 7) is 11.4. The van der Waals surface area contributed by atoms with Crippen LogP contribution in [-0.4, -0.2) is 118 Å². The van der Waals surface area contributed by atoms with Crippen LogP contribution in [0.15, 0.2) is 30.3 Å². The highest BCUT2D eigenvalue weighted by atomic mass is 16.6. The third kappa shape index (κ3) is 31.9. The van der Waals surface area contributed by atoms with Crippen molar-refractivity contribution in [2.75, 3.05) is 112 Å². The lowest BCUT2D eigenvalue weighted by atomic mass is 10.1. The van der Waals surface area contributed by atoms with Crippen LogP contribution in [-0.2, 0) is 49.2 Å². The molecule has 0 heterocycles. The average Bonchev–Trinajstić information content (AvgIpc) is 3.06. The molecular weight excluding hydrogens is 582 g/mol. The largest absolute Gasteiger partial charge is 0.445 e. The maximum atomic E-state index is 11.6. The Morgan fingerprint density at radius 2 is 0.867 bits per heavy atom. The number of hydrogen-bond donors (Lipinski definition) is 1. The highest BCUT2D eigenvalue weighted by Gasteiger charge is 2.02. The second kappa shape index (κ2) is 35.0. The van der Waals surface area contributed by atoms with Gasteiger partial charge in [-0.3, -0.25) is 0 Å². The first kappa shape index (κ1) is 41.2. The summed E-state index contributed by atoms with van der Waals surface area (Å²) in [6, 6.07) is 9.53. The van der Waals surface area contributed by atoms with Crippen LogP contribution in [0.25, 0.3) is 0 Å². The molecule has 0 atom stereocenters. The summed E-state index contributed by atoms with van der Waals surface area (Å²) in [7, 11) is 0. The molecule has 1 aromatic carbocycles. The summed E-state index contributed by atoms with van der Waals surface area (Å²) < 4.78 is 49.1. The van der Waals surface area contributed by atoms with Gasteiger partial charge in [-0.05, 0) is 12.0 Å². The van der Waals surface area contributed by atoms with Gasteiger partial charge in [0.1, 0.15) is 6.61 Å². The number of rotatable bonds is 35. The van der Waals surface area contributed by atoms with Gasteiger partial charge in [0, 0.05) is 13.2 Å². The summed E-state index contributed by atoms with van der Waals surface area (Å²) in [6.07, 6.45) is 10.1. The normalized spacial score (nSPS) is 11.2. The van der Waals surface area contributed by atoms with Gasteiger partial charge in [-0.2, -0.15) is 0 Å². The van der Waals surface area contributed by atoms with Gasteiger partial charge < -0.3 is 47.9 Å². The first-order valence-electron chi connectivity index (χ1n) is 16.9. The number of carbonyl (C=O) groups excluding carboxylic acids is 1. The van der Waals surface area contributed by atoms with E-state index in [2.05, 4.69) is 12.2 Å². The second-order valence-corrected chi connectivity index (χ2v) is 10.4. The smallest absolute Gasteiger partial charge is 0.407 e. The standard InChI is InChI=1S/C34H61NO10/c1-2-3-4-5-6-7-8-12-16-37-18-20-39-22-24-41-26-28-43-30-31-44-29-27-42-25-23-40-21-19-38-17-15-35-34(36)45-32-33-13-10-9-11-14-33/h9-11,13-14H,2-8,12,15-32H2,1H3,(H,35,36). The lowest BCUT2D eigenvalue weighted by Gasteiger charge is -2.09.